The van der Waals surface area contributed by atoms with Crippen LogP contribution in [0.4, 0.5) is 0 Å². The van der Waals surface area contributed by atoms with Crippen LogP contribution in [0.2, 0.25) is 10.0 Å². The lowest BCUT2D eigenvalue weighted by Gasteiger charge is -2.12. The molecule has 2 aromatic carbocycles. The van der Waals surface area contributed by atoms with E-state index in [1.165, 1.54) is 0 Å². The third kappa shape index (κ3) is 2.55. The molecule has 1 N–H and O–H groups in total. The monoisotopic (exact) mass is 338 g/mol. The number of para-hydroxylation sites is 1. The maximum Gasteiger partial charge on any atom is 0.178 e. The summed E-state index contributed by atoms with van der Waals surface area (Å²) in [5.41, 5.74) is 2.64. The van der Waals surface area contributed by atoms with Crippen molar-refractivity contribution in [3.05, 3.63) is 56.8 Å². The van der Waals surface area contributed by atoms with E-state index in [1.54, 1.807) is 7.11 Å². The molecule has 0 radical (unpaired) electrons. The number of hydrogen-bond donors (Lipinski definition) is 1. The van der Waals surface area contributed by atoms with Crippen molar-refractivity contribution >= 4 is 46.5 Å². The minimum absolute atomic E-state index is 0.491. The average molecular weight is 339 g/mol. The van der Waals surface area contributed by atoms with Crippen LogP contribution in [0.5, 0.6) is 5.75 Å². The van der Waals surface area contributed by atoms with E-state index in [0.717, 1.165) is 22.3 Å². The summed E-state index contributed by atoms with van der Waals surface area (Å²) in [6.07, 6.45) is 0. The first-order valence-electron chi connectivity index (χ1n) is 6.30. The van der Waals surface area contributed by atoms with Gasteiger partial charge in [-0.2, -0.15) is 0 Å². The van der Waals surface area contributed by atoms with E-state index in [2.05, 4.69) is 4.98 Å². The van der Waals surface area contributed by atoms with E-state index in [9.17, 15) is 0 Å². The first-order chi connectivity index (χ1) is 10.1. The molecule has 0 aliphatic rings. The first-order valence-corrected chi connectivity index (χ1v) is 7.46. The van der Waals surface area contributed by atoms with Crippen molar-refractivity contribution in [1.29, 1.82) is 0 Å². The van der Waals surface area contributed by atoms with Gasteiger partial charge in [0.1, 0.15) is 5.75 Å². The number of fused-ring (bicyclic) bond motifs is 1. The Morgan fingerprint density at radius 2 is 1.86 bits per heavy atom. The van der Waals surface area contributed by atoms with Gasteiger partial charge in [-0.3, -0.25) is 0 Å². The van der Waals surface area contributed by atoms with Crippen LogP contribution in [0.1, 0.15) is 5.56 Å². The van der Waals surface area contributed by atoms with E-state index in [-0.39, 0.29) is 0 Å². The number of nitrogens with zero attached hydrogens (tertiary/aromatic N) is 1. The molecule has 0 fully saturated rings. The fourth-order valence-electron chi connectivity index (χ4n) is 2.37. The molecular weight excluding hydrogens is 327 g/mol. The number of hydrogen-bond acceptors (Lipinski definition) is 2. The lowest BCUT2D eigenvalue weighted by molar-refractivity contribution is 0.408. The van der Waals surface area contributed by atoms with Crippen molar-refractivity contribution in [2.45, 2.75) is 6.54 Å². The van der Waals surface area contributed by atoms with E-state index >= 15 is 0 Å². The topological polar surface area (TPSA) is 29.9 Å². The quantitative estimate of drug-likeness (QED) is 0.676. The molecule has 0 bridgehead atoms. The van der Waals surface area contributed by atoms with Gasteiger partial charge in [-0.15, -0.1) is 0 Å². The number of imidazole rings is 1. The normalized spacial score (nSPS) is 11.0. The molecule has 3 nitrogen and oxygen atoms in total. The van der Waals surface area contributed by atoms with E-state index in [0.29, 0.717) is 21.4 Å². The van der Waals surface area contributed by atoms with Gasteiger partial charge in [0.25, 0.3) is 0 Å². The Morgan fingerprint density at radius 1 is 1.14 bits per heavy atom. The first kappa shape index (κ1) is 14.4. The minimum Gasteiger partial charge on any atom is -0.496 e. The highest BCUT2D eigenvalue weighted by molar-refractivity contribution is 7.71. The van der Waals surface area contributed by atoms with Crippen LogP contribution in [-0.2, 0) is 6.54 Å². The number of H-pyrrole nitrogens is 1. The largest absolute Gasteiger partial charge is 0.496 e. The Kier molecular flexibility index (Phi) is 3.93. The highest BCUT2D eigenvalue weighted by Crippen LogP contribution is 2.30. The van der Waals surface area contributed by atoms with Crippen LogP contribution in [0, 0.1) is 4.77 Å². The summed E-state index contributed by atoms with van der Waals surface area (Å²) in [7, 11) is 1.62. The molecule has 0 saturated heterocycles. The van der Waals surface area contributed by atoms with Gasteiger partial charge in [0.2, 0.25) is 0 Å². The second-order valence-corrected chi connectivity index (χ2v) is 5.77. The van der Waals surface area contributed by atoms with Crippen LogP contribution in [0.3, 0.4) is 0 Å². The molecule has 1 heterocycles. The van der Waals surface area contributed by atoms with Crippen molar-refractivity contribution in [1.82, 2.24) is 9.55 Å². The zero-order valence-electron chi connectivity index (χ0n) is 11.2. The summed E-state index contributed by atoms with van der Waals surface area (Å²) in [6, 6.07) is 11.2. The number of aromatic amines is 1. The predicted octanol–water partition coefficient (Wildman–Crippen LogP) is 5.06. The Hall–Kier alpha value is -1.49. The van der Waals surface area contributed by atoms with Gasteiger partial charge in [-0.25, -0.2) is 0 Å². The summed E-state index contributed by atoms with van der Waals surface area (Å²) in [6.45, 7) is 0.491. The van der Waals surface area contributed by atoms with E-state index in [4.69, 9.17) is 40.2 Å². The summed E-state index contributed by atoms with van der Waals surface area (Å²) >= 11 is 18.0. The Balaban J connectivity index is 2.20. The molecule has 0 unspecified atom stereocenters. The zero-order valence-corrected chi connectivity index (χ0v) is 13.5. The molecule has 21 heavy (non-hydrogen) atoms. The molecule has 6 heteroatoms. The zero-order chi connectivity index (χ0) is 15.0. The molecule has 1 aromatic heterocycles. The van der Waals surface area contributed by atoms with Crippen LogP contribution in [0.15, 0.2) is 36.4 Å². The van der Waals surface area contributed by atoms with E-state index < -0.39 is 0 Å². The highest BCUT2D eigenvalue weighted by atomic mass is 35.5. The third-order valence-corrected chi connectivity index (χ3v) is 4.34. The minimum atomic E-state index is 0.491. The SMILES string of the molecule is COc1cccc(Cl)c1Cn1c(=S)[nH]c2cccc(Cl)c21. The molecule has 3 rings (SSSR count). The number of aromatic nitrogens is 2. The lowest BCUT2D eigenvalue weighted by Crippen LogP contribution is -2.03. The Bertz CT molecular complexity index is 870. The summed E-state index contributed by atoms with van der Waals surface area (Å²) in [5.74, 6) is 0.728. The van der Waals surface area contributed by atoms with Crippen LogP contribution in [0.25, 0.3) is 11.0 Å². The molecule has 0 spiro atoms. The third-order valence-electron chi connectivity index (χ3n) is 3.36. The number of halogens is 2. The second-order valence-electron chi connectivity index (χ2n) is 4.57. The number of methoxy groups -OCH3 is 1. The van der Waals surface area contributed by atoms with Gasteiger partial charge in [0.05, 0.1) is 29.7 Å². The molecule has 0 atom stereocenters. The molecule has 0 amide bonds. The van der Waals surface area contributed by atoms with Gasteiger partial charge in [-0.05, 0) is 36.5 Å². The van der Waals surface area contributed by atoms with Crippen LogP contribution in [-0.4, -0.2) is 16.7 Å². The van der Waals surface area contributed by atoms with Gasteiger partial charge < -0.3 is 14.3 Å². The summed E-state index contributed by atoms with van der Waals surface area (Å²) in [5, 5.41) is 1.28. The second kappa shape index (κ2) is 5.72. The molecule has 0 aliphatic carbocycles. The maximum absolute atomic E-state index is 6.30. The van der Waals surface area contributed by atoms with Crippen molar-refractivity contribution in [3.8, 4) is 5.75 Å². The van der Waals surface area contributed by atoms with Gasteiger partial charge in [0, 0.05) is 10.6 Å². The lowest BCUT2D eigenvalue weighted by atomic mass is 10.2. The summed E-state index contributed by atoms with van der Waals surface area (Å²) in [4.78, 5) is 3.15. The fourth-order valence-corrected chi connectivity index (χ4v) is 3.14. The van der Waals surface area contributed by atoms with Crippen molar-refractivity contribution < 1.29 is 4.74 Å². The number of rotatable bonds is 3. The Labute approximate surface area is 137 Å². The van der Waals surface area contributed by atoms with Crippen molar-refractivity contribution in [2.75, 3.05) is 7.11 Å². The number of benzene rings is 2. The Morgan fingerprint density at radius 3 is 2.62 bits per heavy atom. The molecule has 108 valence electrons. The standard InChI is InChI=1S/C15H12Cl2N2OS/c1-20-13-7-3-4-10(16)9(13)8-19-14-11(17)5-2-6-12(14)18-15(19)21/h2-7H,8H2,1H3,(H,18,21). The molecule has 3 aromatic rings. The number of nitrogens with one attached hydrogen (secondary N) is 1. The van der Waals surface area contributed by atoms with E-state index in [1.807, 2.05) is 41.0 Å². The fraction of sp³-hybridized carbons (Fsp3) is 0.133. The maximum atomic E-state index is 6.30. The van der Waals surface area contributed by atoms with Crippen molar-refractivity contribution in [2.24, 2.45) is 0 Å². The molecule has 0 saturated carbocycles. The van der Waals surface area contributed by atoms with Crippen LogP contribution < -0.4 is 4.74 Å². The van der Waals surface area contributed by atoms with Gasteiger partial charge >= 0.3 is 0 Å². The molecule has 0 aliphatic heterocycles. The highest BCUT2D eigenvalue weighted by Gasteiger charge is 2.13. The molecular formula is C15H12Cl2N2OS. The predicted molar refractivity (Wildman–Crippen MR) is 89.2 cm³/mol. The van der Waals surface area contributed by atoms with Crippen molar-refractivity contribution in [3.63, 3.8) is 0 Å². The number of ether oxygens (including phenoxy) is 1. The smallest absolute Gasteiger partial charge is 0.178 e. The van der Waals surface area contributed by atoms with Gasteiger partial charge in [-0.1, -0.05) is 35.3 Å². The van der Waals surface area contributed by atoms with Gasteiger partial charge in [0.15, 0.2) is 4.77 Å². The summed E-state index contributed by atoms with van der Waals surface area (Å²) < 4.78 is 7.91. The average Bonchev–Trinajstić information content (AvgIpc) is 2.78. The van der Waals surface area contributed by atoms with Crippen LogP contribution >= 0.6 is 35.4 Å².